The van der Waals surface area contributed by atoms with Crippen LogP contribution < -0.4 is 10.1 Å². The molecule has 1 aromatic carbocycles. The van der Waals surface area contributed by atoms with Gasteiger partial charge in [-0.25, -0.2) is 9.59 Å². The Bertz CT molecular complexity index is 1210. The van der Waals surface area contributed by atoms with Crippen molar-refractivity contribution in [3.63, 3.8) is 0 Å². The second-order valence-electron chi connectivity index (χ2n) is 7.73. The minimum Gasteiger partial charge on any atom is -0.482 e. The molecule has 2 aliphatic heterocycles. The summed E-state index contributed by atoms with van der Waals surface area (Å²) in [6.45, 7) is 1.91. The van der Waals surface area contributed by atoms with Crippen LogP contribution in [0.2, 0.25) is 0 Å². The Morgan fingerprint density at radius 1 is 1.14 bits per heavy atom. The van der Waals surface area contributed by atoms with E-state index >= 15 is 0 Å². The van der Waals surface area contributed by atoms with Gasteiger partial charge in [0.25, 0.3) is 11.8 Å². The quantitative estimate of drug-likeness (QED) is 0.200. The molecule has 3 heterocycles. The smallest absolute Gasteiger partial charge is 0.373 e. The van der Waals surface area contributed by atoms with Gasteiger partial charge in [0.15, 0.2) is 6.61 Å². The molecule has 36 heavy (non-hydrogen) atoms. The molecule has 0 unspecified atom stereocenters. The molecule has 190 valence electrons. The maximum Gasteiger partial charge on any atom is 0.373 e. The Morgan fingerprint density at radius 2 is 1.83 bits per heavy atom. The average Bonchev–Trinajstić information content (AvgIpc) is 3.44. The summed E-state index contributed by atoms with van der Waals surface area (Å²) in [5, 5.41) is 2.56. The van der Waals surface area contributed by atoms with Crippen LogP contribution in [0.15, 0.2) is 34.4 Å². The molecule has 0 spiro atoms. The minimum absolute atomic E-state index is 0.0200. The number of imide groups is 1. The van der Waals surface area contributed by atoms with E-state index in [-0.39, 0.29) is 36.3 Å². The second kappa shape index (κ2) is 11.6. The monoisotopic (exact) mass is 721 g/mol. The summed E-state index contributed by atoms with van der Waals surface area (Å²) >= 11 is 4.20. The summed E-state index contributed by atoms with van der Waals surface area (Å²) in [7, 11) is 1.23. The van der Waals surface area contributed by atoms with Gasteiger partial charge in [-0.3, -0.25) is 14.5 Å². The first-order valence-electron chi connectivity index (χ1n) is 10.8. The number of nitrogens with zero attached hydrogens (tertiary/aromatic N) is 2. The summed E-state index contributed by atoms with van der Waals surface area (Å²) in [5.74, 6) is -0.474. The lowest BCUT2D eigenvalue weighted by Crippen LogP contribution is -2.43. The van der Waals surface area contributed by atoms with Gasteiger partial charge in [-0.05, 0) is 81.1 Å². The number of amides is 4. The lowest BCUT2D eigenvalue weighted by atomic mass is 10.2. The molecule has 2 fully saturated rings. The van der Waals surface area contributed by atoms with Gasteiger partial charge in [-0.2, -0.15) is 0 Å². The molecule has 11 nitrogen and oxygen atoms in total. The number of furan rings is 1. The summed E-state index contributed by atoms with van der Waals surface area (Å²) in [4.78, 5) is 51.9. The largest absolute Gasteiger partial charge is 0.482 e. The molecule has 0 aliphatic carbocycles. The molecule has 1 aromatic heterocycles. The first kappa shape index (κ1) is 26.4. The molecule has 1 N–H and O–H groups in total. The normalized spacial score (nSPS) is 16.9. The summed E-state index contributed by atoms with van der Waals surface area (Å²) < 4.78 is 22.5. The van der Waals surface area contributed by atoms with Crippen LogP contribution in [0.4, 0.5) is 4.79 Å². The molecule has 0 radical (unpaired) electrons. The van der Waals surface area contributed by atoms with E-state index in [1.54, 1.807) is 23.1 Å². The van der Waals surface area contributed by atoms with Crippen LogP contribution in [0.3, 0.4) is 0 Å². The Hall–Kier alpha value is -2.66. The van der Waals surface area contributed by atoms with Gasteiger partial charge in [0.1, 0.15) is 17.2 Å². The first-order chi connectivity index (χ1) is 17.3. The van der Waals surface area contributed by atoms with E-state index in [0.29, 0.717) is 37.6 Å². The SMILES string of the molecule is COC(=O)c1ccc(CN2C(=O)N/C(=C\c3cc(I)c(OCC(=O)N4CCOCC4)c(I)c3)C2=O)o1. The Balaban J connectivity index is 1.43. The van der Waals surface area contributed by atoms with E-state index in [9.17, 15) is 19.2 Å². The average molecular weight is 721 g/mol. The van der Waals surface area contributed by atoms with Crippen LogP contribution in [0.25, 0.3) is 6.08 Å². The Kier molecular flexibility index (Phi) is 8.50. The predicted molar refractivity (Wildman–Crippen MR) is 142 cm³/mol. The first-order valence-corrected chi connectivity index (χ1v) is 12.9. The van der Waals surface area contributed by atoms with Gasteiger partial charge in [-0.15, -0.1) is 0 Å². The summed E-state index contributed by atoms with van der Waals surface area (Å²) in [6, 6.07) is 5.90. The minimum atomic E-state index is -0.652. The van der Waals surface area contributed by atoms with E-state index < -0.39 is 17.9 Å². The molecule has 0 saturated carbocycles. The number of carbonyl (C=O) groups excluding carboxylic acids is 4. The number of morpholine rings is 1. The second-order valence-corrected chi connectivity index (χ2v) is 10.1. The maximum atomic E-state index is 12.8. The van der Waals surface area contributed by atoms with Gasteiger partial charge >= 0.3 is 12.0 Å². The molecule has 0 bridgehead atoms. The zero-order chi connectivity index (χ0) is 25.8. The number of urea groups is 1. The molecule has 4 amide bonds. The number of methoxy groups -OCH3 is 1. The van der Waals surface area contributed by atoms with Gasteiger partial charge < -0.3 is 28.8 Å². The van der Waals surface area contributed by atoms with Crippen molar-refractivity contribution in [3.05, 3.63) is 54.2 Å². The molecule has 13 heteroatoms. The molecule has 2 aliphatic rings. The zero-order valence-corrected chi connectivity index (χ0v) is 23.4. The number of hydrogen-bond acceptors (Lipinski definition) is 8. The van der Waals surface area contributed by atoms with E-state index in [1.165, 1.54) is 19.2 Å². The molecule has 2 aromatic rings. The van der Waals surface area contributed by atoms with Crippen LogP contribution in [-0.2, 0) is 25.6 Å². The van der Waals surface area contributed by atoms with Crippen LogP contribution in [0, 0.1) is 7.14 Å². The fourth-order valence-electron chi connectivity index (χ4n) is 3.55. The van der Waals surface area contributed by atoms with Gasteiger partial charge in [0, 0.05) is 13.1 Å². The number of hydrogen-bond donors (Lipinski definition) is 1. The topological polar surface area (TPSA) is 128 Å². The lowest BCUT2D eigenvalue weighted by molar-refractivity contribution is -0.137. The molecular weight excluding hydrogens is 700 g/mol. The van der Waals surface area contributed by atoms with E-state index in [2.05, 4.69) is 55.2 Å². The molecule has 2 saturated heterocycles. The number of nitrogens with one attached hydrogen (secondary N) is 1. The number of benzene rings is 1. The fraction of sp³-hybridized carbons (Fsp3) is 0.304. The van der Waals surface area contributed by atoms with Crippen molar-refractivity contribution in [2.75, 3.05) is 40.0 Å². The number of halogens is 2. The van der Waals surface area contributed by atoms with Crippen LogP contribution in [0.1, 0.15) is 21.9 Å². The highest BCUT2D eigenvalue weighted by Crippen LogP contribution is 2.30. The van der Waals surface area contributed by atoms with E-state index in [4.69, 9.17) is 13.9 Å². The highest BCUT2D eigenvalue weighted by Gasteiger charge is 2.34. The highest BCUT2D eigenvalue weighted by atomic mass is 127. The van der Waals surface area contributed by atoms with Crippen molar-refractivity contribution < 1.29 is 37.8 Å². The third-order valence-corrected chi connectivity index (χ3v) is 6.96. The lowest BCUT2D eigenvalue weighted by Gasteiger charge is -2.26. The van der Waals surface area contributed by atoms with Crippen molar-refractivity contribution >= 4 is 75.1 Å². The van der Waals surface area contributed by atoms with Gasteiger partial charge in [0.2, 0.25) is 5.76 Å². The zero-order valence-electron chi connectivity index (χ0n) is 19.0. The standard InChI is InChI=1S/C23H21I2N3O8/c1-33-22(31)18-3-2-14(36-18)11-28-21(30)17(26-23(28)32)10-13-8-15(24)20(16(25)9-13)35-12-19(29)27-4-6-34-7-5-27/h2-3,8-10H,4-7,11-12H2,1H3,(H,26,32)/b17-10-. The molecule has 4 rings (SSSR count). The predicted octanol–water partition coefficient (Wildman–Crippen LogP) is 2.61. The van der Waals surface area contributed by atoms with Crippen molar-refractivity contribution in [2.24, 2.45) is 0 Å². The van der Waals surface area contributed by atoms with Crippen molar-refractivity contribution in [2.45, 2.75) is 6.54 Å². The number of rotatable bonds is 7. The van der Waals surface area contributed by atoms with E-state index in [0.717, 1.165) is 12.0 Å². The molecular formula is C23H21I2N3O8. The van der Waals surface area contributed by atoms with Gasteiger partial charge in [-0.1, -0.05) is 0 Å². The summed E-state index contributed by atoms with van der Waals surface area (Å²) in [5.41, 5.74) is 0.773. The molecule has 0 atom stereocenters. The maximum absolute atomic E-state index is 12.8. The fourth-order valence-corrected chi connectivity index (χ4v) is 5.68. The number of carbonyl (C=O) groups is 4. The number of ether oxygens (including phenoxy) is 3. The van der Waals surface area contributed by atoms with Gasteiger partial charge in [0.05, 0.1) is 34.0 Å². The third-order valence-electron chi connectivity index (χ3n) is 5.36. The highest BCUT2D eigenvalue weighted by molar-refractivity contribution is 14.1. The van der Waals surface area contributed by atoms with Crippen LogP contribution in [-0.4, -0.2) is 73.6 Å². The van der Waals surface area contributed by atoms with Crippen LogP contribution in [0.5, 0.6) is 5.75 Å². The Labute approximate surface area is 233 Å². The van der Waals surface area contributed by atoms with E-state index in [1.807, 2.05) is 0 Å². The Morgan fingerprint density at radius 3 is 2.50 bits per heavy atom. The van der Waals surface area contributed by atoms with Crippen molar-refractivity contribution in [3.8, 4) is 5.75 Å². The van der Waals surface area contributed by atoms with Crippen LogP contribution >= 0.6 is 45.2 Å². The van der Waals surface area contributed by atoms with Crippen molar-refractivity contribution in [1.29, 1.82) is 0 Å². The van der Waals surface area contributed by atoms with Crippen molar-refractivity contribution in [1.82, 2.24) is 15.1 Å². The third kappa shape index (κ3) is 6.00. The summed E-state index contributed by atoms with van der Waals surface area (Å²) in [6.07, 6.45) is 1.56. The number of esters is 1.